The van der Waals surface area contributed by atoms with Gasteiger partial charge in [-0.05, 0) is 93.4 Å². The minimum absolute atomic E-state index is 0.491. The molecule has 2 aromatic rings. The van der Waals surface area contributed by atoms with Gasteiger partial charge in [0.25, 0.3) is 0 Å². The molecule has 0 aromatic heterocycles. The summed E-state index contributed by atoms with van der Waals surface area (Å²) >= 11 is 6.56. The summed E-state index contributed by atoms with van der Waals surface area (Å²) in [5.74, 6) is 3.15. The Morgan fingerprint density at radius 1 is 0.818 bits per heavy atom. The SMILES string of the molecule is CCOc1ccc(Oc2ccc(OCC=C(Br)Br)cc2)cc1. The summed E-state index contributed by atoms with van der Waals surface area (Å²) in [6.45, 7) is 3.11. The molecule has 0 radical (unpaired) electrons. The maximum atomic E-state index is 5.77. The average molecular weight is 428 g/mol. The lowest BCUT2D eigenvalue weighted by atomic mass is 10.3. The van der Waals surface area contributed by atoms with Crippen LogP contribution in [0.2, 0.25) is 0 Å². The van der Waals surface area contributed by atoms with Crippen LogP contribution in [0.5, 0.6) is 23.0 Å². The smallest absolute Gasteiger partial charge is 0.127 e. The van der Waals surface area contributed by atoms with Crippen LogP contribution in [0.4, 0.5) is 0 Å². The van der Waals surface area contributed by atoms with Crippen molar-refractivity contribution in [2.75, 3.05) is 13.2 Å². The molecule has 0 aliphatic heterocycles. The summed E-state index contributed by atoms with van der Waals surface area (Å²) < 4.78 is 17.6. The first-order chi connectivity index (χ1) is 10.7. The Labute approximate surface area is 147 Å². The van der Waals surface area contributed by atoms with E-state index in [0.29, 0.717) is 13.2 Å². The van der Waals surface area contributed by atoms with Crippen LogP contribution >= 0.6 is 31.9 Å². The summed E-state index contributed by atoms with van der Waals surface area (Å²) in [5, 5.41) is 0. The van der Waals surface area contributed by atoms with Crippen LogP contribution in [0.25, 0.3) is 0 Å². The van der Waals surface area contributed by atoms with Gasteiger partial charge in [0, 0.05) is 0 Å². The zero-order valence-corrected chi connectivity index (χ0v) is 15.3. The molecule has 2 aromatic carbocycles. The second kappa shape index (κ2) is 8.86. The maximum Gasteiger partial charge on any atom is 0.127 e. The van der Waals surface area contributed by atoms with Crippen LogP contribution in [0, 0.1) is 0 Å². The van der Waals surface area contributed by atoms with E-state index in [0.717, 1.165) is 26.4 Å². The summed E-state index contributed by atoms with van der Waals surface area (Å²) in [7, 11) is 0. The van der Waals surface area contributed by atoms with Crippen molar-refractivity contribution in [2.24, 2.45) is 0 Å². The fourth-order valence-corrected chi connectivity index (χ4v) is 1.98. The Bertz CT molecular complexity index is 603. The standard InChI is InChI=1S/C17H16Br2O3/c1-2-20-13-3-7-15(8-4-13)22-16-9-5-14(6-10-16)21-12-11-17(18)19/h3-11H,2,12H2,1H3. The molecule has 116 valence electrons. The van der Waals surface area contributed by atoms with E-state index in [4.69, 9.17) is 14.2 Å². The van der Waals surface area contributed by atoms with E-state index >= 15 is 0 Å². The Morgan fingerprint density at radius 3 is 1.73 bits per heavy atom. The first-order valence-corrected chi connectivity index (χ1v) is 8.40. The average Bonchev–Trinajstić information content (AvgIpc) is 2.51. The number of benzene rings is 2. The number of hydrogen-bond donors (Lipinski definition) is 0. The van der Waals surface area contributed by atoms with Crippen molar-refractivity contribution in [1.82, 2.24) is 0 Å². The van der Waals surface area contributed by atoms with E-state index in [1.165, 1.54) is 0 Å². The summed E-state index contributed by atoms with van der Waals surface area (Å²) in [5.41, 5.74) is 0. The highest BCUT2D eigenvalue weighted by molar-refractivity contribution is 9.28. The summed E-state index contributed by atoms with van der Waals surface area (Å²) in [6.07, 6.45) is 1.88. The molecular weight excluding hydrogens is 412 g/mol. The first-order valence-electron chi connectivity index (χ1n) is 6.82. The molecule has 0 atom stereocenters. The predicted molar refractivity (Wildman–Crippen MR) is 95.6 cm³/mol. The lowest BCUT2D eigenvalue weighted by Gasteiger charge is -2.08. The zero-order chi connectivity index (χ0) is 15.8. The topological polar surface area (TPSA) is 27.7 Å². The van der Waals surface area contributed by atoms with Crippen molar-refractivity contribution in [3.8, 4) is 23.0 Å². The number of hydrogen-bond acceptors (Lipinski definition) is 3. The second-order valence-electron chi connectivity index (χ2n) is 4.28. The van der Waals surface area contributed by atoms with Crippen LogP contribution in [0.3, 0.4) is 0 Å². The van der Waals surface area contributed by atoms with Crippen LogP contribution in [-0.4, -0.2) is 13.2 Å². The van der Waals surface area contributed by atoms with Crippen molar-refractivity contribution >= 4 is 31.9 Å². The third kappa shape index (κ3) is 5.73. The number of ether oxygens (including phenoxy) is 3. The molecule has 3 nitrogen and oxygen atoms in total. The van der Waals surface area contributed by atoms with Gasteiger partial charge in [-0.1, -0.05) is 0 Å². The van der Waals surface area contributed by atoms with Crippen LogP contribution in [0.1, 0.15) is 6.92 Å². The van der Waals surface area contributed by atoms with Gasteiger partial charge in [0.2, 0.25) is 0 Å². The molecule has 0 saturated heterocycles. The van der Waals surface area contributed by atoms with Crippen molar-refractivity contribution in [2.45, 2.75) is 6.92 Å². The third-order valence-corrected chi connectivity index (χ3v) is 3.33. The molecule has 0 heterocycles. The van der Waals surface area contributed by atoms with E-state index in [-0.39, 0.29) is 0 Å². The minimum Gasteiger partial charge on any atom is -0.494 e. The highest BCUT2D eigenvalue weighted by Crippen LogP contribution is 2.25. The van der Waals surface area contributed by atoms with Gasteiger partial charge < -0.3 is 14.2 Å². The van der Waals surface area contributed by atoms with Gasteiger partial charge in [-0.15, -0.1) is 0 Å². The van der Waals surface area contributed by atoms with Crippen LogP contribution in [0.15, 0.2) is 58.0 Å². The molecule has 0 aliphatic rings. The molecular formula is C17H16Br2O3. The lowest BCUT2D eigenvalue weighted by Crippen LogP contribution is -1.93. The number of halogens is 2. The molecule has 0 aliphatic carbocycles. The van der Waals surface area contributed by atoms with E-state index in [2.05, 4.69) is 31.9 Å². The molecule has 0 unspecified atom stereocenters. The van der Waals surface area contributed by atoms with Gasteiger partial charge in [-0.2, -0.15) is 0 Å². The van der Waals surface area contributed by atoms with E-state index in [1.54, 1.807) is 0 Å². The van der Waals surface area contributed by atoms with E-state index < -0.39 is 0 Å². The molecule has 0 bridgehead atoms. The fraction of sp³-hybridized carbons (Fsp3) is 0.176. The Kier molecular flexibility index (Phi) is 6.80. The van der Waals surface area contributed by atoms with Crippen molar-refractivity contribution in [3.63, 3.8) is 0 Å². The van der Waals surface area contributed by atoms with Gasteiger partial charge in [0.15, 0.2) is 0 Å². The zero-order valence-electron chi connectivity index (χ0n) is 12.1. The molecule has 0 fully saturated rings. The molecule has 2 rings (SSSR count). The van der Waals surface area contributed by atoms with E-state index in [9.17, 15) is 0 Å². The van der Waals surface area contributed by atoms with Gasteiger partial charge in [-0.3, -0.25) is 0 Å². The Hall–Kier alpha value is -1.46. The summed E-state index contributed by atoms with van der Waals surface area (Å²) in [4.78, 5) is 0. The third-order valence-electron chi connectivity index (χ3n) is 2.68. The van der Waals surface area contributed by atoms with Crippen molar-refractivity contribution < 1.29 is 14.2 Å². The molecule has 0 amide bonds. The lowest BCUT2D eigenvalue weighted by molar-refractivity contribution is 0.339. The Balaban J connectivity index is 1.91. The van der Waals surface area contributed by atoms with Crippen molar-refractivity contribution in [3.05, 3.63) is 58.0 Å². The number of rotatable bonds is 7. The molecule has 22 heavy (non-hydrogen) atoms. The molecule has 5 heteroatoms. The molecule has 0 spiro atoms. The highest BCUT2D eigenvalue weighted by atomic mass is 79.9. The van der Waals surface area contributed by atoms with Gasteiger partial charge in [0.1, 0.15) is 29.6 Å². The van der Waals surface area contributed by atoms with Gasteiger partial charge in [-0.25, -0.2) is 0 Å². The van der Waals surface area contributed by atoms with E-state index in [1.807, 2.05) is 61.5 Å². The van der Waals surface area contributed by atoms with Crippen molar-refractivity contribution in [1.29, 1.82) is 0 Å². The summed E-state index contributed by atoms with van der Waals surface area (Å²) in [6, 6.07) is 15.0. The van der Waals surface area contributed by atoms with Crippen LogP contribution in [-0.2, 0) is 0 Å². The predicted octanol–water partition coefficient (Wildman–Crippen LogP) is 5.89. The monoisotopic (exact) mass is 426 g/mol. The quantitative estimate of drug-likeness (QED) is 0.551. The second-order valence-corrected chi connectivity index (χ2v) is 7.06. The molecule has 0 saturated carbocycles. The minimum atomic E-state index is 0.491. The largest absolute Gasteiger partial charge is 0.494 e. The first kappa shape index (κ1) is 16.9. The normalized spacial score (nSPS) is 9.95. The van der Waals surface area contributed by atoms with Crippen LogP contribution < -0.4 is 14.2 Å². The molecule has 0 N–H and O–H groups in total. The van der Waals surface area contributed by atoms with Gasteiger partial charge >= 0.3 is 0 Å². The fourth-order valence-electron chi connectivity index (χ4n) is 1.71. The maximum absolute atomic E-state index is 5.77. The Morgan fingerprint density at radius 2 is 1.27 bits per heavy atom. The van der Waals surface area contributed by atoms with Gasteiger partial charge in [0.05, 0.1) is 10.00 Å². The highest BCUT2D eigenvalue weighted by Gasteiger charge is 1.99.